The molecular weight excluding hydrogens is 346 g/mol. The van der Waals surface area contributed by atoms with Gasteiger partial charge in [-0.15, -0.1) is 23.7 Å². The number of nitrogens with zero attached hydrogens (tertiary/aromatic N) is 3. The van der Waals surface area contributed by atoms with Gasteiger partial charge in [-0.2, -0.15) is 0 Å². The molecule has 8 heteroatoms. The molecule has 2 fully saturated rings. The lowest BCUT2D eigenvalue weighted by Gasteiger charge is -2.33. The van der Waals surface area contributed by atoms with E-state index in [0.29, 0.717) is 6.04 Å². The summed E-state index contributed by atoms with van der Waals surface area (Å²) in [5.74, 6) is 1.21. The molecule has 2 saturated heterocycles. The number of rotatable bonds is 3. The van der Waals surface area contributed by atoms with Gasteiger partial charge in [-0.3, -0.25) is 4.79 Å². The van der Waals surface area contributed by atoms with Gasteiger partial charge in [0.05, 0.1) is 11.3 Å². The van der Waals surface area contributed by atoms with Crippen LogP contribution in [0.25, 0.3) is 10.2 Å². The summed E-state index contributed by atoms with van der Waals surface area (Å²) in [6, 6.07) is 2.36. The summed E-state index contributed by atoms with van der Waals surface area (Å²) in [4.78, 5) is 24.6. The number of anilines is 1. The fourth-order valence-corrected chi connectivity index (χ4v) is 4.24. The third-order valence-corrected chi connectivity index (χ3v) is 5.56. The van der Waals surface area contributed by atoms with E-state index in [9.17, 15) is 4.79 Å². The van der Waals surface area contributed by atoms with Crippen molar-refractivity contribution < 1.29 is 4.79 Å². The van der Waals surface area contributed by atoms with Crippen molar-refractivity contribution in [2.45, 2.75) is 25.3 Å². The zero-order valence-corrected chi connectivity index (χ0v) is 15.0. The lowest BCUT2D eigenvalue weighted by molar-refractivity contribution is -0.125. The monoisotopic (exact) mass is 367 g/mol. The van der Waals surface area contributed by atoms with E-state index in [4.69, 9.17) is 0 Å². The quantitative estimate of drug-likeness (QED) is 0.865. The van der Waals surface area contributed by atoms with E-state index in [1.54, 1.807) is 17.7 Å². The number of carbonyl (C=O) groups is 1. The number of carbonyl (C=O) groups excluding carboxylic acids is 1. The first-order valence-electron chi connectivity index (χ1n) is 8.25. The second-order valence-electron chi connectivity index (χ2n) is 6.32. The first-order chi connectivity index (χ1) is 11.3. The van der Waals surface area contributed by atoms with Crippen LogP contribution in [0.15, 0.2) is 17.8 Å². The van der Waals surface area contributed by atoms with Gasteiger partial charge >= 0.3 is 0 Å². The Balaban J connectivity index is 0.00000169. The number of hydrogen-bond donors (Lipinski definition) is 2. The minimum atomic E-state index is 0. The fourth-order valence-electron chi connectivity index (χ4n) is 3.51. The zero-order chi connectivity index (χ0) is 15.6. The lowest BCUT2D eigenvalue weighted by Crippen LogP contribution is -2.46. The maximum Gasteiger partial charge on any atom is 0.225 e. The van der Waals surface area contributed by atoms with Gasteiger partial charge in [0.1, 0.15) is 17.0 Å². The Bertz CT molecular complexity index is 703. The van der Waals surface area contributed by atoms with Gasteiger partial charge in [-0.25, -0.2) is 9.97 Å². The first kappa shape index (κ1) is 17.4. The second kappa shape index (κ2) is 7.63. The number of thiophene rings is 1. The number of halogens is 1. The highest BCUT2D eigenvalue weighted by molar-refractivity contribution is 7.16. The topological polar surface area (TPSA) is 70.2 Å². The molecule has 0 spiro atoms. The molecule has 0 saturated carbocycles. The van der Waals surface area contributed by atoms with Crippen LogP contribution in [0.1, 0.15) is 19.3 Å². The molecule has 24 heavy (non-hydrogen) atoms. The molecule has 2 aliphatic heterocycles. The number of nitrogens with one attached hydrogen (secondary N) is 2. The minimum absolute atomic E-state index is 0. The molecule has 2 aromatic heterocycles. The molecule has 2 atom stereocenters. The van der Waals surface area contributed by atoms with Crippen LogP contribution in [0.2, 0.25) is 0 Å². The van der Waals surface area contributed by atoms with Crippen LogP contribution in [0.5, 0.6) is 0 Å². The molecular formula is C16H22ClN5OS. The van der Waals surface area contributed by atoms with Crippen LogP contribution in [0.4, 0.5) is 5.82 Å². The Morgan fingerprint density at radius 2 is 2.29 bits per heavy atom. The molecule has 0 aliphatic carbocycles. The van der Waals surface area contributed by atoms with E-state index in [0.717, 1.165) is 61.5 Å². The van der Waals surface area contributed by atoms with Crippen LogP contribution in [0.3, 0.4) is 0 Å². The highest BCUT2D eigenvalue weighted by atomic mass is 35.5. The van der Waals surface area contributed by atoms with E-state index in [1.165, 1.54) is 0 Å². The largest absolute Gasteiger partial charge is 0.355 e. The van der Waals surface area contributed by atoms with Crippen LogP contribution < -0.4 is 15.5 Å². The normalized spacial score (nSPS) is 23.9. The SMILES string of the molecule is Cl.O=C(NC1CCNC1)C1CCCN(c2ncnc3sccc23)C1. The number of aromatic nitrogens is 2. The summed E-state index contributed by atoms with van der Waals surface area (Å²) in [5, 5.41) is 9.63. The molecule has 130 valence electrons. The molecule has 4 heterocycles. The molecule has 0 radical (unpaired) electrons. The van der Waals surface area contributed by atoms with E-state index >= 15 is 0 Å². The van der Waals surface area contributed by atoms with Crippen molar-refractivity contribution in [2.24, 2.45) is 5.92 Å². The average molecular weight is 368 g/mol. The third-order valence-electron chi connectivity index (χ3n) is 4.74. The molecule has 1 amide bonds. The van der Waals surface area contributed by atoms with E-state index in [1.807, 2.05) is 5.38 Å². The van der Waals surface area contributed by atoms with Crippen molar-refractivity contribution in [1.29, 1.82) is 0 Å². The summed E-state index contributed by atoms with van der Waals surface area (Å²) < 4.78 is 0. The Morgan fingerprint density at radius 3 is 3.12 bits per heavy atom. The Morgan fingerprint density at radius 1 is 1.38 bits per heavy atom. The molecule has 0 bridgehead atoms. The zero-order valence-electron chi connectivity index (χ0n) is 13.4. The first-order valence-corrected chi connectivity index (χ1v) is 9.13. The van der Waals surface area contributed by atoms with Crippen LogP contribution >= 0.6 is 23.7 Å². The van der Waals surface area contributed by atoms with E-state index in [2.05, 4.69) is 31.6 Å². The predicted octanol–water partition coefficient (Wildman–Crippen LogP) is 1.81. The van der Waals surface area contributed by atoms with Gasteiger partial charge in [0.2, 0.25) is 5.91 Å². The molecule has 2 aliphatic rings. The van der Waals surface area contributed by atoms with Gasteiger partial charge in [0.15, 0.2) is 0 Å². The smallest absolute Gasteiger partial charge is 0.225 e. The Hall–Kier alpha value is -1.44. The second-order valence-corrected chi connectivity index (χ2v) is 7.21. The van der Waals surface area contributed by atoms with Crippen molar-refractivity contribution in [3.63, 3.8) is 0 Å². The molecule has 2 unspecified atom stereocenters. The molecule has 2 N–H and O–H groups in total. The van der Waals surface area contributed by atoms with Crippen molar-refractivity contribution in [1.82, 2.24) is 20.6 Å². The Labute approximate surface area is 151 Å². The standard InChI is InChI=1S/C16H21N5OS.ClH/c22-15(20-12-3-5-17-8-12)11-2-1-6-21(9-11)14-13-4-7-23-16(13)19-10-18-14;/h4,7,10-12,17H,1-3,5-6,8-9H2,(H,20,22);1H. The van der Waals surface area contributed by atoms with Gasteiger partial charge in [-0.1, -0.05) is 0 Å². The van der Waals surface area contributed by atoms with Crippen molar-refractivity contribution in [3.8, 4) is 0 Å². The summed E-state index contributed by atoms with van der Waals surface area (Å²) >= 11 is 1.63. The van der Waals surface area contributed by atoms with Crippen molar-refractivity contribution in [3.05, 3.63) is 17.8 Å². The predicted molar refractivity (Wildman–Crippen MR) is 99.0 cm³/mol. The van der Waals surface area contributed by atoms with Crippen LogP contribution in [-0.2, 0) is 4.79 Å². The third kappa shape index (κ3) is 3.48. The lowest BCUT2D eigenvalue weighted by atomic mass is 9.96. The average Bonchev–Trinajstić information content (AvgIpc) is 3.25. The van der Waals surface area contributed by atoms with E-state index < -0.39 is 0 Å². The Kier molecular flexibility index (Phi) is 5.53. The summed E-state index contributed by atoms with van der Waals surface area (Å²) in [6.07, 6.45) is 4.64. The van der Waals surface area contributed by atoms with Gasteiger partial charge in [0.25, 0.3) is 0 Å². The van der Waals surface area contributed by atoms with Gasteiger partial charge in [0, 0.05) is 25.7 Å². The summed E-state index contributed by atoms with van der Waals surface area (Å²) in [6.45, 7) is 3.59. The number of piperidine rings is 1. The van der Waals surface area contributed by atoms with Gasteiger partial charge in [-0.05, 0) is 37.3 Å². The van der Waals surface area contributed by atoms with Crippen LogP contribution in [0, 0.1) is 5.92 Å². The highest BCUT2D eigenvalue weighted by Gasteiger charge is 2.29. The number of amides is 1. The highest BCUT2D eigenvalue weighted by Crippen LogP contribution is 2.29. The number of fused-ring (bicyclic) bond motifs is 1. The van der Waals surface area contributed by atoms with Crippen molar-refractivity contribution in [2.75, 3.05) is 31.1 Å². The minimum Gasteiger partial charge on any atom is -0.355 e. The van der Waals surface area contributed by atoms with E-state index in [-0.39, 0.29) is 24.2 Å². The number of hydrogen-bond acceptors (Lipinski definition) is 6. The van der Waals surface area contributed by atoms with Gasteiger partial charge < -0.3 is 15.5 Å². The molecule has 4 rings (SSSR count). The summed E-state index contributed by atoms with van der Waals surface area (Å²) in [5.41, 5.74) is 0. The fraction of sp³-hybridized carbons (Fsp3) is 0.562. The van der Waals surface area contributed by atoms with Crippen LogP contribution in [-0.4, -0.2) is 48.1 Å². The molecule has 6 nitrogen and oxygen atoms in total. The van der Waals surface area contributed by atoms with Crippen molar-refractivity contribution >= 4 is 45.7 Å². The maximum absolute atomic E-state index is 12.5. The summed E-state index contributed by atoms with van der Waals surface area (Å²) in [7, 11) is 0. The molecule has 0 aromatic carbocycles. The molecule has 2 aromatic rings. The maximum atomic E-state index is 12.5.